The average molecular weight is 233 g/mol. The second-order valence-electron chi connectivity index (χ2n) is 3.47. The van der Waals surface area contributed by atoms with Crippen LogP contribution in [0.15, 0.2) is 24.4 Å². The van der Waals surface area contributed by atoms with Gasteiger partial charge in [-0.1, -0.05) is 12.2 Å². The van der Waals surface area contributed by atoms with Gasteiger partial charge in [0.25, 0.3) is 0 Å². The molecule has 0 saturated carbocycles. The highest BCUT2D eigenvalue weighted by atomic mass is 19.4. The predicted octanol–water partition coefficient (Wildman–Crippen LogP) is 2.78. The summed E-state index contributed by atoms with van der Waals surface area (Å²) in [6.07, 6.45) is -3.59. The van der Waals surface area contributed by atoms with Crippen LogP contribution < -0.4 is 0 Å². The van der Waals surface area contributed by atoms with Gasteiger partial charge in [-0.3, -0.25) is 0 Å². The Balaban J connectivity index is 3.31. The summed E-state index contributed by atoms with van der Waals surface area (Å²) in [4.78, 5) is 10.6. The van der Waals surface area contributed by atoms with Crippen molar-refractivity contribution in [3.63, 3.8) is 0 Å². The minimum atomic E-state index is -4.69. The van der Waals surface area contributed by atoms with Gasteiger partial charge in [-0.15, -0.1) is 0 Å². The molecule has 6 heteroatoms. The molecule has 0 bridgehead atoms. The lowest BCUT2D eigenvalue weighted by molar-refractivity contribution is -0.143. The fourth-order valence-corrected chi connectivity index (χ4v) is 1.38. The molecule has 0 atom stereocenters. The number of hydrogen-bond donors (Lipinski definition) is 1. The van der Waals surface area contributed by atoms with Crippen molar-refractivity contribution in [3.05, 3.63) is 35.7 Å². The Morgan fingerprint density at radius 3 is 2.50 bits per heavy atom. The molecule has 0 aliphatic carbocycles. The molecule has 0 aromatic carbocycles. The van der Waals surface area contributed by atoms with Crippen molar-refractivity contribution >= 4 is 5.97 Å². The molecule has 0 aliphatic rings. The summed E-state index contributed by atoms with van der Waals surface area (Å²) >= 11 is 0. The van der Waals surface area contributed by atoms with Gasteiger partial charge >= 0.3 is 12.1 Å². The number of hydrogen-bond acceptors (Lipinski definition) is 1. The molecule has 0 radical (unpaired) electrons. The number of aromatic nitrogens is 1. The smallest absolute Gasteiger partial charge is 0.432 e. The third-order valence-corrected chi connectivity index (χ3v) is 1.90. The van der Waals surface area contributed by atoms with Crippen LogP contribution in [-0.4, -0.2) is 15.6 Å². The molecule has 1 N–H and O–H groups in total. The Morgan fingerprint density at radius 1 is 1.56 bits per heavy atom. The van der Waals surface area contributed by atoms with Crippen molar-refractivity contribution in [2.24, 2.45) is 0 Å². The fourth-order valence-electron chi connectivity index (χ4n) is 1.38. The van der Waals surface area contributed by atoms with Crippen LogP contribution in [0.25, 0.3) is 0 Å². The van der Waals surface area contributed by atoms with Gasteiger partial charge in [0.2, 0.25) is 0 Å². The Morgan fingerprint density at radius 2 is 2.12 bits per heavy atom. The van der Waals surface area contributed by atoms with E-state index < -0.39 is 23.4 Å². The SMILES string of the molecule is C=C(C)Cn1ccc(C(=O)O)c1C(F)(F)F. The molecule has 0 spiro atoms. The van der Waals surface area contributed by atoms with Crippen molar-refractivity contribution in [1.29, 1.82) is 0 Å². The van der Waals surface area contributed by atoms with E-state index in [1.54, 1.807) is 6.92 Å². The van der Waals surface area contributed by atoms with Crippen molar-refractivity contribution in [3.8, 4) is 0 Å². The van der Waals surface area contributed by atoms with E-state index in [2.05, 4.69) is 6.58 Å². The Kier molecular flexibility index (Phi) is 3.11. The molecular formula is C10H10F3NO2. The number of carboxylic acid groups (broad SMARTS) is 1. The topological polar surface area (TPSA) is 42.2 Å². The first-order valence-electron chi connectivity index (χ1n) is 4.37. The first-order valence-corrected chi connectivity index (χ1v) is 4.37. The van der Waals surface area contributed by atoms with Crippen molar-refractivity contribution in [2.45, 2.75) is 19.6 Å². The number of aromatic carboxylic acids is 1. The molecule has 1 aromatic heterocycles. The number of halogens is 3. The lowest BCUT2D eigenvalue weighted by Crippen LogP contribution is -2.17. The number of alkyl halides is 3. The monoisotopic (exact) mass is 233 g/mol. The van der Waals surface area contributed by atoms with Crippen LogP contribution in [0.2, 0.25) is 0 Å². The number of allylic oxidation sites excluding steroid dienone is 1. The minimum absolute atomic E-state index is 0.0534. The minimum Gasteiger partial charge on any atom is -0.478 e. The zero-order valence-corrected chi connectivity index (χ0v) is 8.51. The number of rotatable bonds is 3. The summed E-state index contributed by atoms with van der Waals surface area (Å²) in [5.74, 6) is -1.59. The molecule has 3 nitrogen and oxygen atoms in total. The maximum Gasteiger partial charge on any atom is 0.432 e. The molecule has 1 aromatic rings. The molecule has 16 heavy (non-hydrogen) atoms. The summed E-state index contributed by atoms with van der Waals surface area (Å²) in [5.41, 5.74) is -1.38. The first kappa shape index (κ1) is 12.4. The van der Waals surface area contributed by atoms with Crippen LogP contribution in [0, 0.1) is 0 Å². The first-order chi connectivity index (χ1) is 7.23. The van der Waals surface area contributed by atoms with Gasteiger partial charge in [0.15, 0.2) is 0 Å². The molecule has 0 amide bonds. The van der Waals surface area contributed by atoms with Crippen LogP contribution in [-0.2, 0) is 12.7 Å². The standard InChI is InChI=1S/C10H10F3NO2/c1-6(2)5-14-4-3-7(9(15)16)8(14)10(11,12)13/h3-4H,1,5H2,2H3,(H,15,16). The fraction of sp³-hybridized carbons (Fsp3) is 0.300. The molecule has 0 unspecified atom stereocenters. The summed E-state index contributed by atoms with van der Waals surface area (Å²) in [7, 11) is 0. The van der Waals surface area contributed by atoms with Gasteiger partial charge in [-0.25, -0.2) is 4.79 Å². The third-order valence-electron chi connectivity index (χ3n) is 1.90. The van der Waals surface area contributed by atoms with E-state index in [0.29, 0.717) is 5.57 Å². The van der Waals surface area contributed by atoms with Gasteiger partial charge in [-0.05, 0) is 13.0 Å². The molecule has 0 aliphatic heterocycles. The van der Waals surface area contributed by atoms with E-state index in [-0.39, 0.29) is 6.54 Å². The van der Waals surface area contributed by atoms with Gasteiger partial charge < -0.3 is 9.67 Å². The van der Waals surface area contributed by atoms with Crippen LogP contribution in [0.3, 0.4) is 0 Å². The summed E-state index contributed by atoms with van der Waals surface area (Å²) < 4.78 is 38.8. The van der Waals surface area contributed by atoms with Crippen molar-refractivity contribution in [1.82, 2.24) is 4.57 Å². The van der Waals surface area contributed by atoms with Crippen LogP contribution in [0.5, 0.6) is 0 Å². The highest BCUT2D eigenvalue weighted by Gasteiger charge is 2.38. The van der Waals surface area contributed by atoms with Crippen LogP contribution in [0.4, 0.5) is 13.2 Å². The van der Waals surface area contributed by atoms with Crippen molar-refractivity contribution in [2.75, 3.05) is 0 Å². The normalized spacial score (nSPS) is 11.5. The Hall–Kier alpha value is -1.72. The van der Waals surface area contributed by atoms with Crippen LogP contribution >= 0.6 is 0 Å². The average Bonchev–Trinajstić information content (AvgIpc) is 2.45. The molecule has 88 valence electrons. The summed E-state index contributed by atoms with van der Waals surface area (Å²) in [5, 5.41) is 8.64. The Labute approximate surface area is 89.8 Å². The maximum absolute atomic E-state index is 12.6. The van der Waals surface area contributed by atoms with Gasteiger partial charge in [0.05, 0.1) is 5.56 Å². The van der Waals surface area contributed by atoms with Crippen molar-refractivity contribution < 1.29 is 23.1 Å². The molecular weight excluding hydrogens is 223 g/mol. The summed E-state index contributed by atoms with van der Waals surface area (Å²) in [6, 6.07) is 0.939. The van der Waals surface area contributed by atoms with Gasteiger partial charge in [0, 0.05) is 12.7 Å². The second kappa shape index (κ2) is 4.03. The van der Waals surface area contributed by atoms with Gasteiger partial charge in [-0.2, -0.15) is 13.2 Å². The van der Waals surface area contributed by atoms with E-state index in [4.69, 9.17) is 5.11 Å². The van der Waals surface area contributed by atoms with E-state index in [0.717, 1.165) is 16.8 Å². The zero-order chi connectivity index (χ0) is 12.5. The number of nitrogens with zero attached hydrogens (tertiary/aromatic N) is 1. The molecule has 0 fully saturated rings. The van der Waals surface area contributed by atoms with E-state index in [9.17, 15) is 18.0 Å². The quantitative estimate of drug-likeness (QED) is 0.815. The van der Waals surface area contributed by atoms with E-state index >= 15 is 0 Å². The largest absolute Gasteiger partial charge is 0.478 e. The highest BCUT2D eigenvalue weighted by Crippen LogP contribution is 2.33. The number of carbonyl (C=O) groups is 1. The Bertz CT molecular complexity index is 432. The summed E-state index contributed by atoms with van der Waals surface area (Å²) in [6.45, 7) is 5.01. The maximum atomic E-state index is 12.6. The molecule has 0 saturated heterocycles. The second-order valence-corrected chi connectivity index (χ2v) is 3.47. The highest BCUT2D eigenvalue weighted by molar-refractivity contribution is 5.89. The molecule has 1 heterocycles. The number of carboxylic acids is 1. The third kappa shape index (κ3) is 2.44. The van der Waals surface area contributed by atoms with Crippen LogP contribution in [0.1, 0.15) is 23.0 Å². The lowest BCUT2D eigenvalue weighted by atomic mass is 10.2. The van der Waals surface area contributed by atoms with E-state index in [1.807, 2.05) is 0 Å². The molecule has 1 rings (SSSR count). The van der Waals surface area contributed by atoms with E-state index in [1.165, 1.54) is 0 Å². The lowest BCUT2D eigenvalue weighted by Gasteiger charge is -2.12. The van der Waals surface area contributed by atoms with Gasteiger partial charge in [0.1, 0.15) is 5.69 Å². The zero-order valence-electron chi connectivity index (χ0n) is 8.51. The predicted molar refractivity (Wildman–Crippen MR) is 51.2 cm³/mol.